The molecule has 0 saturated heterocycles. The minimum atomic E-state index is -5.84. The van der Waals surface area contributed by atoms with E-state index in [2.05, 4.69) is 10.1 Å². The second kappa shape index (κ2) is 11.0. The van der Waals surface area contributed by atoms with Crippen molar-refractivity contribution in [2.45, 2.75) is 19.0 Å². The topological polar surface area (TPSA) is 88.3 Å². The Bertz CT molecular complexity index is 632. The summed E-state index contributed by atoms with van der Waals surface area (Å²) in [6, 6.07) is 9.95. The second-order valence-corrected chi connectivity index (χ2v) is 6.17. The first-order chi connectivity index (χ1) is 11.1. The molecule has 1 rings (SSSR count). The molecular formula is C13H17F3N2O4S2. The Hall–Kier alpha value is -1.59. The van der Waals surface area contributed by atoms with Crippen molar-refractivity contribution in [3.63, 3.8) is 0 Å². The number of hydrogen-bond acceptors (Lipinski definition) is 6. The molecular weight excluding hydrogens is 369 g/mol. The summed E-state index contributed by atoms with van der Waals surface area (Å²) in [5.41, 5.74) is -4.43. The third-order valence-corrected chi connectivity index (χ3v) is 3.37. The average Bonchev–Trinajstić information content (AvgIpc) is 2.50. The molecule has 0 aliphatic rings. The van der Waals surface area contributed by atoms with Gasteiger partial charge in [0.2, 0.25) is 0 Å². The number of rotatable bonds is 5. The normalized spacial score (nSPS) is 12.7. The van der Waals surface area contributed by atoms with Gasteiger partial charge < -0.3 is 4.84 Å². The van der Waals surface area contributed by atoms with Crippen molar-refractivity contribution >= 4 is 33.1 Å². The Labute approximate surface area is 142 Å². The number of thioether (sulfide) groups is 1. The van der Waals surface area contributed by atoms with Crippen LogP contribution in [0.25, 0.3) is 0 Å². The van der Waals surface area contributed by atoms with Gasteiger partial charge in [0.05, 0.1) is 6.21 Å². The fraction of sp³-hybridized carbons (Fsp3) is 0.385. The zero-order valence-corrected chi connectivity index (χ0v) is 14.5. The SMILES string of the molecule is CCN=C(/C=N/OCc1ccccc1)SC.O=S(=O)(O)C(F)(F)F. The van der Waals surface area contributed by atoms with Gasteiger partial charge in [-0.25, -0.2) is 0 Å². The van der Waals surface area contributed by atoms with Crippen LogP contribution in [-0.4, -0.2) is 42.5 Å². The lowest BCUT2D eigenvalue weighted by molar-refractivity contribution is -0.0510. The van der Waals surface area contributed by atoms with Crippen molar-refractivity contribution in [2.24, 2.45) is 10.1 Å². The predicted octanol–water partition coefficient (Wildman–Crippen LogP) is 3.36. The van der Waals surface area contributed by atoms with Gasteiger partial charge in [0.15, 0.2) is 0 Å². The minimum Gasteiger partial charge on any atom is -0.391 e. The first-order valence-electron chi connectivity index (χ1n) is 6.43. The van der Waals surface area contributed by atoms with Gasteiger partial charge in [0, 0.05) is 6.54 Å². The van der Waals surface area contributed by atoms with Gasteiger partial charge in [-0.2, -0.15) is 21.6 Å². The van der Waals surface area contributed by atoms with E-state index in [0.29, 0.717) is 6.61 Å². The summed E-state index contributed by atoms with van der Waals surface area (Å²) in [5, 5.41) is 4.76. The standard InChI is InChI=1S/C12H16N2OS.CHF3O3S/c1-3-13-12(16-2)9-14-15-10-11-7-5-4-6-8-11;2-1(3,4)8(5,6)7/h4-9H,3,10H2,1-2H3;(H,5,6,7)/b13-12?,14-9+;. The molecule has 0 heterocycles. The van der Waals surface area contributed by atoms with Crippen molar-refractivity contribution in [3.8, 4) is 0 Å². The number of alkyl halides is 3. The van der Waals surface area contributed by atoms with Crippen LogP contribution in [0.15, 0.2) is 40.5 Å². The van der Waals surface area contributed by atoms with Crippen LogP contribution in [-0.2, 0) is 21.6 Å². The number of oxime groups is 1. The summed E-state index contributed by atoms with van der Waals surface area (Å²) in [6.45, 7) is 3.25. The van der Waals surface area contributed by atoms with E-state index in [1.807, 2.05) is 43.5 Å². The maximum Gasteiger partial charge on any atom is 0.522 e. The monoisotopic (exact) mass is 386 g/mol. The minimum absolute atomic E-state index is 0.491. The average molecular weight is 386 g/mol. The lowest BCUT2D eigenvalue weighted by Gasteiger charge is -1.99. The number of halogens is 3. The lowest BCUT2D eigenvalue weighted by Crippen LogP contribution is -2.21. The van der Waals surface area contributed by atoms with Crippen molar-refractivity contribution in [1.82, 2.24) is 0 Å². The van der Waals surface area contributed by atoms with E-state index < -0.39 is 15.6 Å². The third kappa shape index (κ3) is 10.2. The molecule has 24 heavy (non-hydrogen) atoms. The first-order valence-corrected chi connectivity index (χ1v) is 9.09. The van der Waals surface area contributed by atoms with Crippen LogP contribution in [0.4, 0.5) is 13.2 Å². The zero-order chi connectivity index (χ0) is 18.6. The van der Waals surface area contributed by atoms with Gasteiger partial charge in [-0.05, 0) is 18.7 Å². The number of benzene rings is 1. The molecule has 0 unspecified atom stereocenters. The molecule has 0 aliphatic carbocycles. The highest BCUT2D eigenvalue weighted by Gasteiger charge is 2.44. The van der Waals surface area contributed by atoms with E-state index in [-0.39, 0.29) is 0 Å². The van der Waals surface area contributed by atoms with Crippen molar-refractivity contribution < 1.29 is 31.0 Å². The zero-order valence-electron chi connectivity index (χ0n) is 12.9. The van der Waals surface area contributed by atoms with Gasteiger partial charge in [-0.1, -0.05) is 35.5 Å². The molecule has 1 N–H and O–H groups in total. The van der Waals surface area contributed by atoms with Crippen LogP contribution in [0.2, 0.25) is 0 Å². The molecule has 0 atom stereocenters. The lowest BCUT2D eigenvalue weighted by atomic mass is 10.2. The third-order valence-electron chi connectivity index (χ3n) is 2.13. The largest absolute Gasteiger partial charge is 0.522 e. The maximum absolute atomic E-state index is 10.7. The Morgan fingerprint density at radius 1 is 1.33 bits per heavy atom. The highest BCUT2D eigenvalue weighted by molar-refractivity contribution is 8.14. The molecule has 1 aromatic rings. The van der Waals surface area contributed by atoms with Gasteiger partial charge >= 0.3 is 15.6 Å². The van der Waals surface area contributed by atoms with Gasteiger partial charge in [-0.15, -0.1) is 11.8 Å². The molecule has 0 bridgehead atoms. The fourth-order valence-electron chi connectivity index (χ4n) is 1.08. The molecule has 0 amide bonds. The number of aliphatic imine (C=N–C) groups is 1. The summed E-state index contributed by atoms with van der Waals surface area (Å²) in [7, 11) is -5.84. The van der Waals surface area contributed by atoms with Gasteiger partial charge in [0.1, 0.15) is 11.7 Å². The quantitative estimate of drug-likeness (QED) is 0.276. The highest BCUT2D eigenvalue weighted by atomic mass is 32.2. The Balaban J connectivity index is 0.000000561. The molecule has 6 nitrogen and oxygen atoms in total. The van der Waals surface area contributed by atoms with E-state index in [4.69, 9.17) is 17.8 Å². The van der Waals surface area contributed by atoms with Crippen LogP contribution >= 0.6 is 11.8 Å². The molecule has 1 aromatic carbocycles. The van der Waals surface area contributed by atoms with Crippen LogP contribution < -0.4 is 0 Å². The summed E-state index contributed by atoms with van der Waals surface area (Å²) in [4.78, 5) is 9.41. The van der Waals surface area contributed by atoms with Gasteiger partial charge in [-0.3, -0.25) is 9.55 Å². The van der Waals surface area contributed by atoms with Crippen LogP contribution in [0.1, 0.15) is 12.5 Å². The number of nitrogens with zero attached hydrogens (tertiary/aromatic N) is 2. The molecule has 0 spiro atoms. The molecule has 136 valence electrons. The molecule has 0 aliphatic heterocycles. The Morgan fingerprint density at radius 2 is 1.88 bits per heavy atom. The first kappa shape index (κ1) is 22.4. The Morgan fingerprint density at radius 3 is 2.29 bits per heavy atom. The van der Waals surface area contributed by atoms with E-state index >= 15 is 0 Å². The van der Waals surface area contributed by atoms with Crippen molar-refractivity contribution in [1.29, 1.82) is 0 Å². The van der Waals surface area contributed by atoms with Crippen molar-refractivity contribution in [3.05, 3.63) is 35.9 Å². The molecule has 0 aromatic heterocycles. The molecule has 0 fully saturated rings. The molecule has 0 saturated carbocycles. The maximum atomic E-state index is 10.7. The summed E-state index contributed by atoms with van der Waals surface area (Å²) >= 11 is 1.56. The van der Waals surface area contributed by atoms with E-state index in [1.54, 1.807) is 18.0 Å². The summed E-state index contributed by atoms with van der Waals surface area (Å²) in [5.74, 6) is 0. The second-order valence-electron chi connectivity index (χ2n) is 3.93. The highest BCUT2D eigenvalue weighted by Crippen LogP contribution is 2.20. The fourth-order valence-corrected chi connectivity index (χ4v) is 1.49. The molecule has 11 heteroatoms. The summed E-state index contributed by atoms with van der Waals surface area (Å²) in [6.07, 6.45) is 3.62. The Kier molecular flexibility index (Phi) is 10.3. The van der Waals surface area contributed by atoms with Gasteiger partial charge in [0.25, 0.3) is 0 Å². The van der Waals surface area contributed by atoms with Crippen LogP contribution in [0.3, 0.4) is 0 Å². The number of hydrogen-bond donors (Lipinski definition) is 1. The van der Waals surface area contributed by atoms with Crippen LogP contribution in [0.5, 0.6) is 0 Å². The van der Waals surface area contributed by atoms with E-state index in [9.17, 15) is 13.2 Å². The van der Waals surface area contributed by atoms with E-state index in [0.717, 1.165) is 17.2 Å². The summed E-state index contributed by atoms with van der Waals surface area (Å²) < 4.78 is 57.5. The van der Waals surface area contributed by atoms with Crippen molar-refractivity contribution in [2.75, 3.05) is 12.8 Å². The smallest absolute Gasteiger partial charge is 0.391 e. The predicted molar refractivity (Wildman–Crippen MR) is 88.8 cm³/mol. The molecule has 0 radical (unpaired) electrons. The van der Waals surface area contributed by atoms with Crippen LogP contribution in [0, 0.1) is 0 Å². The van der Waals surface area contributed by atoms with E-state index in [1.165, 1.54) is 0 Å².